The molecule has 0 radical (unpaired) electrons. The van der Waals surface area contributed by atoms with Gasteiger partial charge in [-0.25, -0.2) is 0 Å². The van der Waals surface area contributed by atoms with Crippen LogP contribution in [-0.4, -0.2) is 130 Å². The maximum atomic E-state index is 13.7. The van der Waals surface area contributed by atoms with Crippen LogP contribution in [0.25, 0.3) is 0 Å². The molecule has 3 aromatic carbocycles. The predicted molar refractivity (Wildman–Crippen MR) is 268 cm³/mol. The van der Waals surface area contributed by atoms with Gasteiger partial charge >= 0.3 is 0 Å². The first-order chi connectivity index (χ1) is 32.9. The number of carbonyl (C=O) groups is 3. The molecule has 0 spiro atoms. The van der Waals surface area contributed by atoms with E-state index in [1.165, 1.54) is 11.1 Å². The molecule has 68 heavy (non-hydrogen) atoms. The molecule has 364 valence electrons. The Morgan fingerprint density at radius 1 is 0.721 bits per heavy atom. The Balaban J connectivity index is 0.996. The van der Waals surface area contributed by atoms with Crippen molar-refractivity contribution in [1.29, 1.82) is 0 Å². The third-order valence-electron chi connectivity index (χ3n) is 12.1. The first-order valence-corrected chi connectivity index (χ1v) is 25.6. The second-order valence-electron chi connectivity index (χ2n) is 17.4. The van der Waals surface area contributed by atoms with Gasteiger partial charge < -0.3 is 48.3 Å². The smallest absolute Gasteiger partial charge is 0.257 e. The average molecular weight is 970 g/mol. The molecule has 0 aliphatic carbocycles. The highest BCUT2D eigenvalue weighted by Gasteiger charge is 2.36. The van der Waals surface area contributed by atoms with Crippen LogP contribution in [0.2, 0.25) is 0 Å². The largest absolute Gasteiger partial charge is 0.493 e. The summed E-state index contributed by atoms with van der Waals surface area (Å²) in [5, 5.41) is 2.92. The third-order valence-corrected chi connectivity index (χ3v) is 14.8. The lowest BCUT2D eigenvalue weighted by Crippen LogP contribution is -2.35. The second-order valence-corrected chi connectivity index (χ2v) is 20.5. The number of hydrogen-bond donors (Lipinski definition) is 1. The molecule has 4 aliphatic heterocycles. The SMILES string of the molecule is C/C=C1\C[C@H]2C=Nc3cc(OCc4cc(COc5cc6c(cc5OC)C(=O)N5C/C(=C/C)C[C@H]5C=N6)cc(OCCOCCOCCNC(=O)CCC(C)(C)SSC)c4)c(OC)cc3C(=O)N2C1. The monoisotopic (exact) mass is 969 g/mol. The minimum Gasteiger partial charge on any atom is -0.493 e. The molecule has 0 aromatic heterocycles. The summed E-state index contributed by atoms with van der Waals surface area (Å²) in [5.74, 6) is 2.11. The van der Waals surface area contributed by atoms with Crippen LogP contribution in [-0.2, 0) is 27.5 Å². The van der Waals surface area contributed by atoms with Crippen LogP contribution in [0.15, 0.2) is 75.7 Å². The number of allylic oxidation sites excluding steroid dienone is 2. The highest BCUT2D eigenvalue weighted by Crippen LogP contribution is 2.41. The van der Waals surface area contributed by atoms with Crippen LogP contribution in [0.3, 0.4) is 0 Å². The van der Waals surface area contributed by atoms with Gasteiger partial charge in [0.1, 0.15) is 25.6 Å². The number of fused-ring (bicyclic) bond motifs is 4. The van der Waals surface area contributed by atoms with E-state index in [1.54, 1.807) is 60.1 Å². The van der Waals surface area contributed by atoms with E-state index in [2.05, 4.69) is 31.3 Å². The first kappa shape index (κ1) is 50.4. The summed E-state index contributed by atoms with van der Waals surface area (Å²) in [6.45, 7) is 11.8. The van der Waals surface area contributed by atoms with Crippen LogP contribution in [0.4, 0.5) is 11.4 Å². The molecule has 2 fully saturated rings. The maximum absolute atomic E-state index is 13.7. The zero-order valence-corrected chi connectivity index (χ0v) is 41.7. The Kier molecular flexibility index (Phi) is 17.6. The van der Waals surface area contributed by atoms with Crippen molar-refractivity contribution >= 4 is 63.1 Å². The van der Waals surface area contributed by atoms with Crippen LogP contribution in [0, 0.1) is 0 Å². The van der Waals surface area contributed by atoms with Gasteiger partial charge in [-0.2, -0.15) is 0 Å². The van der Waals surface area contributed by atoms with Gasteiger partial charge in [-0.05, 0) is 94.7 Å². The number of methoxy groups -OCH3 is 2. The van der Waals surface area contributed by atoms with Crippen molar-refractivity contribution in [1.82, 2.24) is 15.1 Å². The molecule has 2 atom stereocenters. The van der Waals surface area contributed by atoms with E-state index in [0.717, 1.165) is 30.4 Å². The maximum Gasteiger partial charge on any atom is 0.257 e. The number of benzene rings is 3. The number of hydrogen-bond acceptors (Lipinski definition) is 14. The molecule has 7 rings (SSSR count). The summed E-state index contributed by atoms with van der Waals surface area (Å²) < 4.78 is 42.0. The van der Waals surface area contributed by atoms with Gasteiger partial charge in [0.05, 0.1) is 75.2 Å². The highest BCUT2D eigenvalue weighted by molar-refractivity contribution is 8.76. The molecule has 2 saturated heterocycles. The summed E-state index contributed by atoms with van der Waals surface area (Å²) in [6.07, 6.45) is 12.6. The van der Waals surface area contributed by atoms with Gasteiger partial charge in [-0.3, -0.25) is 24.4 Å². The molecule has 0 saturated carbocycles. The number of amides is 3. The Morgan fingerprint density at radius 3 is 1.74 bits per heavy atom. The molecule has 3 aromatic rings. The van der Waals surface area contributed by atoms with Crippen LogP contribution in [0.1, 0.15) is 85.2 Å². The molecule has 4 heterocycles. The molecule has 17 heteroatoms. The third kappa shape index (κ3) is 12.8. The lowest BCUT2D eigenvalue weighted by molar-refractivity contribution is -0.121. The van der Waals surface area contributed by atoms with E-state index in [0.29, 0.717) is 104 Å². The zero-order valence-electron chi connectivity index (χ0n) is 40.1. The zero-order chi connectivity index (χ0) is 48.2. The average Bonchev–Trinajstić information content (AvgIpc) is 3.91. The predicted octanol–water partition coefficient (Wildman–Crippen LogP) is 8.71. The molecule has 0 bridgehead atoms. The molecule has 1 N–H and O–H groups in total. The van der Waals surface area contributed by atoms with Gasteiger partial charge in [0.25, 0.3) is 11.8 Å². The van der Waals surface area contributed by atoms with E-state index in [4.69, 9.17) is 43.1 Å². The van der Waals surface area contributed by atoms with Crippen molar-refractivity contribution in [3.8, 4) is 28.7 Å². The summed E-state index contributed by atoms with van der Waals surface area (Å²) in [5.41, 5.74) is 5.93. The van der Waals surface area contributed by atoms with Gasteiger partial charge in [-0.1, -0.05) is 44.9 Å². The van der Waals surface area contributed by atoms with E-state index in [9.17, 15) is 14.4 Å². The van der Waals surface area contributed by atoms with E-state index < -0.39 is 0 Å². The normalized spacial score (nSPS) is 18.5. The van der Waals surface area contributed by atoms with Crippen LogP contribution >= 0.6 is 21.6 Å². The molecular formula is C51H63N5O10S2. The summed E-state index contributed by atoms with van der Waals surface area (Å²) >= 11 is 0. The Hall–Kier alpha value is -5.49. The highest BCUT2D eigenvalue weighted by atomic mass is 33.1. The molecular weight excluding hydrogens is 907 g/mol. The minimum atomic E-state index is -0.105. The number of nitrogens with one attached hydrogen (secondary N) is 1. The molecule has 15 nitrogen and oxygen atoms in total. The Labute approximate surface area is 407 Å². The summed E-state index contributed by atoms with van der Waals surface area (Å²) in [7, 11) is 6.59. The number of rotatable bonds is 23. The Morgan fingerprint density at radius 2 is 1.24 bits per heavy atom. The van der Waals surface area contributed by atoms with Crippen molar-refractivity contribution in [3.05, 3.63) is 88.0 Å². The second kappa shape index (κ2) is 23.7. The van der Waals surface area contributed by atoms with Crippen LogP contribution in [0.5, 0.6) is 28.7 Å². The van der Waals surface area contributed by atoms with E-state index in [-0.39, 0.29) is 54.4 Å². The Bertz CT molecular complexity index is 2300. The number of carbonyl (C=O) groups excluding carboxylic acids is 3. The van der Waals surface area contributed by atoms with Crippen molar-refractivity contribution in [2.45, 2.75) is 83.4 Å². The standard InChI is InChI=1S/C51H63N5O10S2/c1-8-33-19-37-27-53-42-25-46(44(60-5)23-40(42)49(58)55(37)29-33)65-31-35-18-36(22-39(21-35)64-17-16-63-15-14-62-13-12-52-48(57)10-11-51(3,4)68-67-7)32-66-47-26-43-41(24-45(47)61-6)50(59)56-30-34(9-2)20-38(56)28-54-43/h8-9,18,21-28,37-38H,10-17,19-20,29-32H2,1-7H3,(H,52,57)/b33-8+,34-9+/t37-,38-/m0/s1. The lowest BCUT2D eigenvalue weighted by atomic mass is 10.1. The van der Waals surface area contributed by atoms with E-state index >= 15 is 0 Å². The fourth-order valence-corrected chi connectivity index (χ4v) is 10.6. The molecule has 4 aliphatic rings. The lowest BCUT2D eigenvalue weighted by Gasteiger charge is -2.21. The number of ether oxygens (including phenoxy) is 7. The molecule has 0 unspecified atom stereocenters. The van der Waals surface area contributed by atoms with Gasteiger partial charge in [0.15, 0.2) is 23.0 Å². The van der Waals surface area contributed by atoms with Crippen molar-refractivity contribution < 1.29 is 47.5 Å². The van der Waals surface area contributed by atoms with Crippen molar-refractivity contribution in [2.75, 3.05) is 73.1 Å². The van der Waals surface area contributed by atoms with Gasteiger partial charge in [0.2, 0.25) is 5.91 Å². The van der Waals surface area contributed by atoms with Crippen molar-refractivity contribution in [2.24, 2.45) is 9.98 Å². The minimum absolute atomic E-state index is 0.0250. The quantitative estimate of drug-likeness (QED) is 0.0548. The first-order valence-electron chi connectivity index (χ1n) is 23.0. The fraction of sp³-hybridized carbons (Fsp3) is 0.471. The topological polar surface area (TPSA) is 159 Å². The van der Waals surface area contributed by atoms with Crippen LogP contribution < -0.4 is 29.0 Å². The van der Waals surface area contributed by atoms with E-state index in [1.807, 2.05) is 60.5 Å². The summed E-state index contributed by atoms with van der Waals surface area (Å²) in [4.78, 5) is 52.8. The summed E-state index contributed by atoms with van der Waals surface area (Å²) in [6, 6.07) is 12.4. The number of nitrogens with zero attached hydrogens (tertiary/aromatic N) is 4. The molecule has 3 amide bonds. The number of aliphatic imine (C=N–C) groups is 2. The van der Waals surface area contributed by atoms with Gasteiger partial charge in [-0.15, -0.1) is 0 Å². The van der Waals surface area contributed by atoms with Gasteiger partial charge in [0, 0.05) is 55.4 Å². The fourth-order valence-electron chi connectivity index (χ4n) is 8.40. The van der Waals surface area contributed by atoms with Crippen molar-refractivity contribution in [3.63, 3.8) is 0 Å².